The molecular weight excluding hydrogens is 299 g/mol. The fraction of sp³-hybridized carbons (Fsp3) is 0.312. The second kappa shape index (κ2) is 9.89. The molecule has 0 radical (unpaired) electrons. The van der Waals surface area contributed by atoms with Gasteiger partial charge in [-0.05, 0) is 5.56 Å². The second-order valence-electron chi connectivity index (χ2n) is 3.67. The lowest BCUT2D eigenvalue weighted by molar-refractivity contribution is 0.533. The minimum Gasteiger partial charge on any atom is -0.341 e. The van der Waals surface area contributed by atoms with Crippen molar-refractivity contribution in [1.29, 1.82) is 0 Å². The van der Waals surface area contributed by atoms with Crippen LogP contribution in [0.2, 0.25) is 0 Å². The molecule has 0 aliphatic rings. The minimum atomic E-state index is -0.745. The van der Waals surface area contributed by atoms with E-state index in [0.717, 1.165) is 11.3 Å². The topological polar surface area (TPSA) is 54.5 Å². The third kappa shape index (κ3) is 4.80. The van der Waals surface area contributed by atoms with Crippen LogP contribution in [0.5, 0.6) is 0 Å². The van der Waals surface area contributed by atoms with Crippen LogP contribution in [0.15, 0.2) is 41.7 Å². The van der Waals surface area contributed by atoms with Gasteiger partial charge in [0, 0.05) is 5.75 Å². The Labute approximate surface area is 134 Å². The van der Waals surface area contributed by atoms with E-state index in [9.17, 15) is 4.39 Å². The Morgan fingerprint density at radius 1 is 1.05 bits per heavy atom. The molecule has 1 N–H and O–H groups in total. The number of benzene rings is 1. The van der Waals surface area contributed by atoms with Crippen LogP contribution in [0, 0.1) is 6.08 Å². The van der Waals surface area contributed by atoms with Gasteiger partial charge in [-0.2, -0.15) is 14.4 Å². The highest BCUT2D eigenvalue weighted by molar-refractivity contribution is 7.98. The molecule has 0 spiro atoms. The Morgan fingerprint density at radius 2 is 1.73 bits per heavy atom. The predicted octanol–water partition coefficient (Wildman–Crippen LogP) is 4.84. The number of H-pyrrole nitrogens is 1. The molecule has 0 bridgehead atoms. The SMILES string of the molecule is CC.CC.Fc1nc(SCc2ccccc2)c2[nH]cnc2n1. The number of rotatable bonds is 3. The summed E-state index contributed by atoms with van der Waals surface area (Å²) in [6, 6.07) is 9.96. The molecular formula is C16H21FN4S. The zero-order chi connectivity index (χ0) is 16.4. The number of aromatic amines is 1. The van der Waals surface area contributed by atoms with Gasteiger partial charge in [-0.25, -0.2) is 4.98 Å². The van der Waals surface area contributed by atoms with Crippen LogP contribution in [0.4, 0.5) is 4.39 Å². The van der Waals surface area contributed by atoms with E-state index in [1.165, 1.54) is 18.1 Å². The summed E-state index contributed by atoms with van der Waals surface area (Å²) < 4.78 is 13.2. The summed E-state index contributed by atoms with van der Waals surface area (Å²) in [5.41, 5.74) is 2.20. The van der Waals surface area contributed by atoms with E-state index in [-0.39, 0.29) is 0 Å². The van der Waals surface area contributed by atoms with Crippen molar-refractivity contribution in [3.63, 3.8) is 0 Å². The zero-order valence-electron chi connectivity index (χ0n) is 13.3. The molecule has 4 nitrogen and oxygen atoms in total. The first kappa shape index (κ1) is 18.1. The molecule has 2 aromatic heterocycles. The number of aromatic nitrogens is 4. The first-order chi connectivity index (χ1) is 10.8. The summed E-state index contributed by atoms with van der Waals surface area (Å²) >= 11 is 1.46. The quantitative estimate of drug-likeness (QED) is 0.426. The van der Waals surface area contributed by atoms with Crippen molar-refractivity contribution >= 4 is 22.9 Å². The van der Waals surface area contributed by atoms with Crippen molar-refractivity contribution < 1.29 is 4.39 Å². The van der Waals surface area contributed by atoms with Gasteiger partial charge in [0.1, 0.15) is 10.5 Å². The van der Waals surface area contributed by atoms with Gasteiger partial charge in [-0.1, -0.05) is 69.8 Å². The molecule has 0 saturated heterocycles. The van der Waals surface area contributed by atoms with Gasteiger partial charge in [0.2, 0.25) is 0 Å². The Kier molecular flexibility index (Phi) is 8.14. The number of nitrogens with one attached hydrogen (secondary N) is 1. The first-order valence-electron chi connectivity index (χ1n) is 7.36. The molecule has 3 rings (SSSR count). The van der Waals surface area contributed by atoms with Crippen LogP contribution < -0.4 is 0 Å². The Balaban J connectivity index is 0.000000561. The van der Waals surface area contributed by atoms with Crippen LogP contribution in [-0.2, 0) is 5.75 Å². The van der Waals surface area contributed by atoms with E-state index in [1.807, 2.05) is 58.0 Å². The molecule has 0 aliphatic carbocycles. The van der Waals surface area contributed by atoms with Crippen molar-refractivity contribution in [3.8, 4) is 0 Å². The van der Waals surface area contributed by atoms with Gasteiger partial charge in [0.25, 0.3) is 0 Å². The lowest BCUT2D eigenvalue weighted by Crippen LogP contribution is -1.93. The number of nitrogens with zero attached hydrogens (tertiary/aromatic N) is 3. The summed E-state index contributed by atoms with van der Waals surface area (Å²) in [6.07, 6.45) is 0.746. The summed E-state index contributed by atoms with van der Waals surface area (Å²) in [5.74, 6) is 0.728. The largest absolute Gasteiger partial charge is 0.341 e. The van der Waals surface area contributed by atoms with Crippen LogP contribution in [-0.4, -0.2) is 19.9 Å². The monoisotopic (exact) mass is 320 g/mol. The molecule has 0 unspecified atom stereocenters. The van der Waals surface area contributed by atoms with E-state index < -0.39 is 6.08 Å². The van der Waals surface area contributed by atoms with Crippen LogP contribution in [0.3, 0.4) is 0 Å². The summed E-state index contributed by atoms with van der Waals surface area (Å²) in [4.78, 5) is 14.3. The standard InChI is InChI=1S/C12H9FN4S.2C2H6/c13-12-16-10-9(14-7-15-10)11(17-12)18-6-8-4-2-1-3-5-8;2*1-2/h1-5,7H,6H2,(H,14,15,16,17);2*1-2H3. The van der Waals surface area contributed by atoms with Crippen molar-refractivity contribution in [3.05, 3.63) is 48.3 Å². The zero-order valence-corrected chi connectivity index (χ0v) is 14.1. The molecule has 118 valence electrons. The smallest absolute Gasteiger partial charge is 0.311 e. The lowest BCUT2D eigenvalue weighted by atomic mass is 10.2. The summed E-state index contributed by atoms with van der Waals surface area (Å²) in [6.45, 7) is 8.00. The third-order valence-corrected chi connectivity index (χ3v) is 3.49. The Hall–Kier alpha value is -1.95. The maximum absolute atomic E-state index is 13.2. The van der Waals surface area contributed by atoms with Gasteiger partial charge in [0.05, 0.1) is 6.33 Å². The highest BCUT2D eigenvalue weighted by Gasteiger charge is 2.10. The molecule has 3 aromatic rings. The molecule has 6 heteroatoms. The van der Waals surface area contributed by atoms with Crippen molar-refractivity contribution in [1.82, 2.24) is 19.9 Å². The normalized spacial score (nSPS) is 9.50. The third-order valence-electron chi connectivity index (χ3n) is 2.44. The van der Waals surface area contributed by atoms with E-state index in [4.69, 9.17) is 0 Å². The maximum atomic E-state index is 13.2. The number of fused-ring (bicyclic) bond motifs is 1. The number of thioether (sulfide) groups is 1. The average molecular weight is 320 g/mol. The van der Waals surface area contributed by atoms with E-state index in [1.54, 1.807) is 0 Å². The molecule has 0 saturated carbocycles. The van der Waals surface area contributed by atoms with Crippen molar-refractivity contribution in [2.45, 2.75) is 38.5 Å². The van der Waals surface area contributed by atoms with E-state index in [0.29, 0.717) is 16.2 Å². The molecule has 22 heavy (non-hydrogen) atoms. The molecule has 0 fully saturated rings. The second-order valence-corrected chi connectivity index (χ2v) is 4.64. The van der Waals surface area contributed by atoms with Crippen LogP contribution in [0.1, 0.15) is 33.3 Å². The molecule has 1 aromatic carbocycles. The Morgan fingerprint density at radius 3 is 2.41 bits per heavy atom. The summed E-state index contributed by atoms with van der Waals surface area (Å²) in [5, 5.41) is 0.582. The minimum absolute atomic E-state index is 0.359. The van der Waals surface area contributed by atoms with Gasteiger partial charge >= 0.3 is 6.08 Å². The molecule has 0 atom stereocenters. The number of imidazole rings is 1. The van der Waals surface area contributed by atoms with Crippen LogP contribution >= 0.6 is 11.8 Å². The van der Waals surface area contributed by atoms with E-state index in [2.05, 4.69) is 19.9 Å². The lowest BCUT2D eigenvalue weighted by Gasteiger charge is -2.02. The fourth-order valence-corrected chi connectivity index (χ4v) is 2.54. The van der Waals surface area contributed by atoms with Crippen molar-refractivity contribution in [2.75, 3.05) is 0 Å². The Bertz CT molecular complexity index is 670. The highest BCUT2D eigenvalue weighted by Crippen LogP contribution is 2.25. The molecule has 0 aliphatic heterocycles. The van der Waals surface area contributed by atoms with Gasteiger partial charge in [-0.15, -0.1) is 0 Å². The predicted molar refractivity (Wildman–Crippen MR) is 90.3 cm³/mol. The number of hydrogen-bond acceptors (Lipinski definition) is 4. The highest BCUT2D eigenvalue weighted by atomic mass is 32.2. The van der Waals surface area contributed by atoms with E-state index >= 15 is 0 Å². The fourth-order valence-electron chi connectivity index (χ4n) is 1.61. The van der Waals surface area contributed by atoms with Gasteiger partial charge < -0.3 is 4.98 Å². The molecule has 0 amide bonds. The van der Waals surface area contributed by atoms with Crippen molar-refractivity contribution in [2.24, 2.45) is 0 Å². The molecule has 2 heterocycles. The number of hydrogen-bond donors (Lipinski definition) is 1. The summed E-state index contributed by atoms with van der Waals surface area (Å²) in [7, 11) is 0. The van der Waals surface area contributed by atoms with Gasteiger partial charge in [0.15, 0.2) is 5.65 Å². The maximum Gasteiger partial charge on any atom is 0.311 e. The number of halogens is 1. The van der Waals surface area contributed by atoms with Crippen LogP contribution in [0.25, 0.3) is 11.2 Å². The van der Waals surface area contributed by atoms with Gasteiger partial charge in [-0.3, -0.25) is 0 Å². The average Bonchev–Trinajstić information content (AvgIpc) is 3.05. The first-order valence-corrected chi connectivity index (χ1v) is 8.35.